The average molecular weight is 330 g/mol. The van der Waals surface area contributed by atoms with Crippen molar-refractivity contribution in [2.24, 2.45) is 0 Å². The van der Waals surface area contributed by atoms with Crippen LogP contribution in [0, 0.1) is 0 Å². The van der Waals surface area contributed by atoms with Gasteiger partial charge in [0.1, 0.15) is 35.0 Å². The van der Waals surface area contributed by atoms with Crippen LogP contribution in [-0.2, 0) is 11.2 Å². The lowest BCUT2D eigenvalue weighted by atomic mass is 9.99. The normalized spacial score (nSPS) is 10.2. The van der Waals surface area contributed by atoms with Crippen molar-refractivity contribution < 1.29 is 29.3 Å². The number of methoxy groups -OCH3 is 1. The van der Waals surface area contributed by atoms with Gasteiger partial charge in [-0.1, -0.05) is 25.1 Å². The van der Waals surface area contributed by atoms with Crippen LogP contribution in [0.4, 0.5) is 0 Å². The molecular weight excluding hydrogens is 312 g/mol. The van der Waals surface area contributed by atoms with Crippen molar-refractivity contribution in [3.8, 4) is 23.0 Å². The Hall–Kier alpha value is -3.02. The van der Waals surface area contributed by atoms with E-state index in [1.165, 1.54) is 13.2 Å². The van der Waals surface area contributed by atoms with E-state index in [9.17, 15) is 19.8 Å². The second-order valence-electron chi connectivity index (χ2n) is 5.04. The number of Topliss-reactive ketones (excluding diaryl/α,β-unsaturated/α-hetero) is 1. The molecule has 2 rings (SSSR count). The molecule has 126 valence electrons. The molecule has 0 aliphatic rings. The van der Waals surface area contributed by atoms with Crippen molar-refractivity contribution >= 4 is 11.8 Å². The second-order valence-corrected chi connectivity index (χ2v) is 5.04. The molecule has 0 aliphatic heterocycles. The number of carbonyl (C=O) groups is 2. The zero-order chi connectivity index (χ0) is 17.7. The van der Waals surface area contributed by atoms with Crippen molar-refractivity contribution in [3.05, 3.63) is 47.5 Å². The number of benzene rings is 2. The molecule has 0 heterocycles. The summed E-state index contributed by atoms with van der Waals surface area (Å²) >= 11 is 0. The Morgan fingerprint density at radius 2 is 1.79 bits per heavy atom. The highest BCUT2D eigenvalue weighted by Gasteiger charge is 2.24. The van der Waals surface area contributed by atoms with Crippen LogP contribution in [0.25, 0.3) is 0 Å². The number of para-hydroxylation sites is 1. The zero-order valence-electron chi connectivity index (χ0n) is 13.4. The lowest BCUT2D eigenvalue weighted by Crippen LogP contribution is -2.15. The first-order valence-corrected chi connectivity index (χ1v) is 7.38. The van der Waals surface area contributed by atoms with Gasteiger partial charge >= 0.3 is 5.97 Å². The Morgan fingerprint density at radius 3 is 2.38 bits per heavy atom. The van der Waals surface area contributed by atoms with E-state index in [0.29, 0.717) is 17.7 Å². The van der Waals surface area contributed by atoms with Gasteiger partial charge < -0.3 is 19.7 Å². The summed E-state index contributed by atoms with van der Waals surface area (Å²) in [4.78, 5) is 24.2. The summed E-state index contributed by atoms with van der Waals surface area (Å²) in [6.45, 7) is 1.77. The average Bonchev–Trinajstić information content (AvgIpc) is 2.55. The number of phenols is 2. The molecule has 0 spiro atoms. The van der Waals surface area contributed by atoms with Gasteiger partial charge in [0.05, 0.1) is 7.11 Å². The molecule has 0 saturated carbocycles. The molecule has 0 bridgehead atoms. The zero-order valence-corrected chi connectivity index (χ0v) is 13.4. The molecule has 0 aliphatic carbocycles. The number of ketones is 1. The molecule has 6 nitrogen and oxygen atoms in total. The number of rotatable bonds is 6. The maximum atomic E-state index is 12.3. The van der Waals surface area contributed by atoms with Gasteiger partial charge in [-0.15, -0.1) is 0 Å². The van der Waals surface area contributed by atoms with E-state index in [1.807, 2.05) is 0 Å². The fourth-order valence-electron chi connectivity index (χ4n) is 2.35. The SMILES string of the molecule is CCc1c(OC)cc(O)c(C(=O)CC(=O)Oc2ccccc2)c1O. The van der Waals surface area contributed by atoms with Gasteiger partial charge in [0, 0.05) is 11.6 Å². The third-order valence-corrected chi connectivity index (χ3v) is 3.48. The van der Waals surface area contributed by atoms with Crippen molar-refractivity contribution in [3.63, 3.8) is 0 Å². The van der Waals surface area contributed by atoms with Gasteiger partial charge in [-0.2, -0.15) is 0 Å². The maximum Gasteiger partial charge on any atom is 0.319 e. The summed E-state index contributed by atoms with van der Waals surface area (Å²) in [6, 6.07) is 9.56. The minimum absolute atomic E-state index is 0.274. The van der Waals surface area contributed by atoms with E-state index >= 15 is 0 Å². The first-order valence-electron chi connectivity index (χ1n) is 7.38. The summed E-state index contributed by atoms with van der Waals surface area (Å²) in [7, 11) is 1.39. The third-order valence-electron chi connectivity index (χ3n) is 3.48. The van der Waals surface area contributed by atoms with Crippen LogP contribution >= 0.6 is 0 Å². The monoisotopic (exact) mass is 330 g/mol. The molecule has 0 amide bonds. The highest BCUT2D eigenvalue weighted by atomic mass is 16.5. The Balaban J connectivity index is 2.22. The molecule has 2 aromatic rings. The van der Waals surface area contributed by atoms with Gasteiger partial charge in [-0.05, 0) is 18.6 Å². The molecule has 0 radical (unpaired) electrons. The minimum Gasteiger partial charge on any atom is -0.507 e. The summed E-state index contributed by atoms with van der Waals surface area (Å²) in [5, 5.41) is 20.2. The predicted molar refractivity (Wildman–Crippen MR) is 86.7 cm³/mol. The van der Waals surface area contributed by atoms with Crippen LogP contribution < -0.4 is 9.47 Å². The topological polar surface area (TPSA) is 93.1 Å². The van der Waals surface area contributed by atoms with Crippen LogP contribution in [0.2, 0.25) is 0 Å². The van der Waals surface area contributed by atoms with Gasteiger partial charge in [-0.3, -0.25) is 9.59 Å². The van der Waals surface area contributed by atoms with Crippen LogP contribution in [-0.4, -0.2) is 29.1 Å². The smallest absolute Gasteiger partial charge is 0.319 e. The molecule has 0 fully saturated rings. The quantitative estimate of drug-likeness (QED) is 0.366. The standard InChI is InChI=1S/C18H18O6/c1-3-12-15(23-2)9-13(19)17(18(12)22)14(20)10-16(21)24-11-7-5-4-6-8-11/h4-9,19,22H,3,10H2,1-2H3. The number of ether oxygens (including phenoxy) is 2. The third kappa shape index (κ3) is 3.65. The molecule has 0 aromatic heterocycles. The van der Waals surface area contributed by atoms with E-state index < -0.39 is 23.9 Å². The van der Waals surface area contributed by atoms with Gasteiger partial charge in [0.2, 0.25) is 0 Å². The first-order chi connectivity index (χ1) is 11.5. The second kappa shape index (κ2) is 7.50. The van der Waals surface area contributed by atoms with Crippen LogP contribution in [0.5, 0.6) is 23.0 Å². The minimum atomic E-state index is -0.779. The summed E-state index contributed by atoms with van der Waals surface area (Å²) in [6.07, 6.45) is -0.213. The molecule has 0 unspecified atom stereocenters. The molecule has 0 saturated heterocycles. The lowest BCUT2D eigenvalue weighted by Gasteiger charge is -2.14. The number of carbonyl (C=O) groups excluding carboxylic acids is 2. The van der Waals surface area contributed by atoms with E-state index in [-0.39, 0.29) is 17.1 Å². The van der Waals surface area contributed by atoms with Gasteiger partial charge in [-0.25, -0.2) is 0 Å². The first kappa shape index (κ1) is 17.3. The number of phenolic OH excluding ortho intramolecular Hbond substituents is 2. The van der Waals surface area contributed by atoms with Crippen molar-refractivity contribution in [2.75, 3.05) is 7.11 Å². The van der Waals surface area contributed by atoms with E-state index in [0.717, 1.165) is 0 Å². The van der Waals surface area contributed by atoms with Crippen LogP contribution in [0.3, 0.4) is 0 Å². The van der Waals surface area contributed by atoms with E-state index in [1.54, 1.807) is 37.3 Å². The van der Waals surface area contributed by atoms with E-state index in [4.69, 9.17) is 9.47 Å². The molecule has 6 heteroatoms. The number of esters is 1. The van der Waals surface area contributed by atoms with Gasteiger partial charge in [0.25, 0.3) is 0 Å². The molecule has 2 aromatic carbocycles. The number of aromatic hydroxyl groups is 2. The predicted octanol–water partition coefficient (Wildman–Crippen LogP) is 2.85. The van der Waals surface area contributed by atoms with Crippen molar-refractivity contribution in [1.29, 1.82) is 0 Å². The Labute approximate surface area is 139 Å². The lowest BCUT2D eigenvalue weighted by molar-refractivity contribution is -0.133. The summed E-state index contributed by atoms with van der Waals surface area (Å²) in [5.74, 6) is -1.75. The fourth-order valence-corrected chi connectivity index (χ4v) is 2.35. The van der Waals surface area contributed by atoms with Gasteiger partial charge in [0.15, 0.2) is 5.78 Å². The molecular formula is C18H18O6. The molecule has 24 heavy (non-hydrogen) atoms. The Bertz CT molecular complexity index is 752. The Kier molecular flexibility index (Phi) is 5.42. The summed E-state index contributed by atoms with van der Waals surface area (Å²) < 4.78 is 10.1. The number of hydrogen-bond donors (Lipinski definition) is 2. The Morgan fingerprint density at radius 1 is 1.12 bits per heavy atom. The van der Waals surface area contributed by atoms with Crippen LogP contribution in [0.15, 0.2) is 36.4 Å². The van der Waals surface area contributed by atoms with Crippen LogP contribution in [0.1, 0.15) is 29.3 Å². The number of hydrogen-bond acceptors (Lipinski definition) is 6. The van der Waals surface area contributed by atoms with Crippen molar-refractivity contribution in [1.82, 2.24) is 0 Å². The highest BCUT2D eigenvalue weighted by molar-refractivity contribution is 6.09. The molecule has 2 N–H and O–H groups in total. The largest absolute Gasteiger partial charge is 0.507 e. The fraction of sp³-hybridized carbons (Fsp3) is 0.222. The molecule has 0 atom stereocenters. The van der Waals surface area contributed by atoms with E-state index in [2.05, 4.69) is 0 Å². The maximum absolute atomic E-state index is 12.3. The highest BCUT2D eigenvalue weighted by Crippen LogP contribution is 2.38. The van der Waals surface area contributed by atoms with Crippen molar-refractivity contribution in [2.45, 2.75) is 19.8 Å². The summed E-state index contributed by atoms with van der Waals surface area (Å²) in [5.41, 5.74) is 0.0766.